The number of amides is 1. The van der Waals surface area contributed by atoms with E-state index in [1.807, 2.05) is 49.9 Å². The zero-order chi connectivity index (χ0) is 27.3. The first-order valence-corrected chi connectivity index (χ1v) is 13.6. The number of rotatable bonds is 7. The van der Waals surface area contributed by atoms with Crippen molar-refractivity contribution in [3.63, 3.8) is 0 Å². The Morgan fingerprint density at radius 1 is 1.00 bits per heavy atom. The maximum atomic E-state index is 13.6. The van der Waals surface area contributed by atoms with Crippen LogP contribution in [0.1, 0.15) is 82.5 Å². The van der Waals surface area contributed by atoms with Crippen LogP contribution in [0.5, 0.6) is 0 Å². The van der Waals surface area contributed by atoms with E-state index >= 15 is 0 Å². The second kappa shape index (κ2) is 11.8. The molecular formula is C33H39NO4. The molecule has 5 nitrogen and oxygen atoms in total. The van der Waals surface area contributed by atoms with Crippen LogP contribution in [0.4, 0.5) is 4.79 Å². The summed E-state index contributed by atoms with van der Waals surface area (Å²) in [4.78, 5) is 27.2. The van der Waals surface area contributed by atoms with Crippen LogP contribution in [0.2, 0.25) is 0 Å². The molecule has 0 spiro atoms. The number of esters is 1. The van der Waals surface area contributed by atoms with E-state index in [2.05, 4.69) is 49.4 Å². The van der Waals surface area contributed by atoms with Gasteiger partial charge < -0.3 is 9.47 Å². The lowest BCUT2D eigenvalue weighted by molar-refractivity contribution is -0.137. The Bertz CT molecular complexity index is 1280. The molecule has 5 heteroatoms. The van der Waals surface area contributed by atoms with Gasteiger partial charge >= 0.3 is 12.1 Å². The molecule has 38 heavy (non-hydrogen) atoms. The van der Waals surface area contributed by atoms with Crippen molar-refractivity contribution in [3.05, 3.63) is 89.5 Å². The Labute approximate surface area is 226 Å². The van der Waals surface area contributed by atoms with Gasteiger partial charge in [-0.05, 0) is 93.3 Å². The van der Waals surface area contributed by atoms with Crippen molar-refractivity contribution >= 4 is 28.9 Å². The summed E-state index contributed by atoms with van der Waals surface area (Å²) < 4.78 is 10.9. The fourth-order valence-electron chi connectivity index (χ4n) is 5.45. The van der Waals surface area contributed by atoms with E-state index in [-0.39, 0.29) is 24.1 Å². The average molecular weight is 514 g/mol. The minimum Gasteiger partial charge on any atom is -0.463 e. The van der Waals surface area contributed by atoms with Gasteiger partial charge in [0.25, 0.3) is 0 Å². The lowest BCUT2D eigenvalue weighted by Crippen LogP contribution is -2.44. The maximum absolute atomic E-state index is 13.6. The Kier molecular flexibility index (Phi) is 8.55. The van der Waals surface area contributed by atoms with Crippen LogP contribution in [-0.2, 0) is 14.3 Å². The largest absolute Gasteiger partial charge is 0.463 e. The molecule has 0 bridgehead atoms. The van der Waals surface area contributed by atoms with Gasteiger partial charge in [-0.1, -0.05) is 66.7 Å². The number of fused-ring (bicyclic) bond motifs is 1. The van der Waals surface area contributed by atoms with E-state index in [0.29, 0.717) is 12.5 Å². The number of hydrogen-bond acceptors (Lipinski definition) is 4. The van der Waals surface area contributed by atoms with Crippen molar-refractivity contribution in [3.8, 4) is 0 Å². The van der Waals surface area contributed by atoms with Gasteiger partial charge in [-0.2, -0.15) is 0 Å². The molecule has 3 aromatic carbocycles. The smallest absolute Gasteiger partial charge is 0.411 e. The molecule has 0 N–H and O–H groups in total. The fraction of sp³-hybridized carbons (Fsp3) is 0.394. The molecule has 0 heterocycles. The zero-order valence-corrected chi connectivity index (χ0v) is 23.1. The summed E-state index contributed by atoms with van der Waals surface area (Å²) in [6.45, 7) is 10.0. The molecule has 200 valence electrons. The molecule has 1 amide bonds. The standard InChI is InChI=1S/C33H39NO4/c1-6-37-31(35)21-16-24-14-17-25(18-15-24)27-19-20-28(22-27)34(32(36)38-33(3,4)5)23(2)29-13-9-11-26-10-7-8-12-30(26)29/h7-18,21,23,27-28H,6,19-20,22H2,1-5H3/b21-16+/t23-,27-,28+/m1/s1. The van der Waals surface area contributed by atoms with Gasteiger partial charge in [0, 0.05) is 12.1 Å². The minimum absolute atomic E-state index is 0.0761. The fourth-order valence-corrected chi connectivity index (χ4v) is 5.45. The van der Waals surface area contributed by atoms with E-state index in [1.54, 1.807) is 13.0 Å². The molecule has 1 aliphatic rings. The first-order chi connectivity index (χ1) is 18.2. The summed E-state index contributed by atoms with van der Waals surface area (Å²) in [5.41, 5.74) is 2.77. The molecule has 0 radical (unpaired) electrons. The van der Waals surface area contributed by atoms with E-state index in [0.717, 1.165) is 35.8 Å². The third kappa shape index (κ3) is 6.63. The SMILES string of the molecule is CCOC(=O)/C=C/c1ccc([C@@H]2CC[C@H](N(C(=O)OC(C)(C)C)[C@H](C)c3cccc4ccccc34)C2)cc1. The summed E-state index contributed by atoms with van der Waals surface area (Å²) in [5.74, 6) is 0.0190. The van der Waals surface area contributed by atoms with Gasteiger partial charge in [0.1, 0.15) is 5.60 Å². The van der Waals surface area contributed by atoms with Crippen LogP contribution in [0.15, 0.2) is 72.8 Å². The number of ether oxygens (including phenoxy) is 2. The van der Waals surface area contributed by atoms with E-state index < -0.39 is 5.60 Å². The Morgan fingerprint density at radius 3 is 2.42 bits per heavy atom. The van der Waals surface area contributed by atoms with Crippen LogP contribution in [0, 0.1) is 0 Å². The topological polar surface area (TPSA) is 55.8 Å². The summed E-state index contributed by atoms with van der Waals surface area (Å²) in [6, 6.07) is 22.9. The highest BCUT2D eigenvalue weighted by Crippen LogP contribution is 2.41. The Morgan fingerprint density at radius 2 is 1.71 bits per heavy atom. The molecular weight excluding hydrogens is 474 g/mol. The lowest BCUT2D eigenvalue weighted by Gasteiger charge is -2.37. The van der Waals surface area contributed by atoms with Crippen molar-refractivity contribution in [2.24, 2.45) is 0 Å². The van der Waals surface area contributed by atoms with Crippen LogP contribution in [-0.4, -0.2) is 35.2 Å². The van der Waals surface area contributed by atoms with Crippen LogP contribution < -0.4 is 0 Å². The first-order valence-electron chi connectivity index (χ1n) is 13.6. The van der Waals surface area contributed by atoms with E-state index in [1.165, 1.54) is 17.0 Å². The van der Waals surface area contributed by atoms with Crippen molar-refractivity contribution in [2.75, 3.05) is 6.61 Å². The molecule has 3 aromatic rings. The van der Waals surface area contributed by atoms with Crippen molar-refractivity contribution < 1.29 is 19.1 Å². The lowest BCUT2D eigenvalue weighted by atomic mass is 9.95. The molecule has 3 atom stereocenters. The highest BCUT2D eigenvalue weighted by molar-refractivity contribution is 5.87. The monoisotopic (exact) mass is 513 g/mol. The van der Waals surface area contributed by atoms with Crippen molar-refractivity contribution in [1.29, 1.82) is 0 Å². The highest BCUT2D eigenvalue weighted by atomic mass is 16.6. The van der Waals surface area contributed by atoms with Gasteiger partial charge in [-0.15, -0.1) is 0 Å². The molecule has 0 saturated heterocycles. The number of benzene rings is 3. The van der Waals surface area contributed by atoms with Crippen LogP contribution in [0.25, 0.3) is 16.8 Å². The molecule has 0 aromatic heterocycles. The normalized spacial score (nSPS) is 18.4. The molecule has 1 saturated carbocycles. The molecule has 0 aliphatic heterocycles. The quantitative estimate of drug-likeness (QED) is 0.237. The first kappa shape index (κ1) is 27.4. The zero-order valence-electron chi connectivity index (χ0n) is 23.1. The third-order valence-electron chi connectivity index (χ3n) is 7.20. The van der Waals surface area contributed by atoms with Crippen LogP contribution in [0.3, 0.4) is 0 Å². The van der Waals surface area contributed by atoms with Gasteiger partial charge in [0.05, 0.1) is 12.6 Å². The van der Waals surface area contributed by atoms with Gasteiger partial charge in [-0.25, -0.2) is 9.59 Å². The predicted molar refractivity (Wildman–Crippen MR) is 153 cm³/mol. The highest BCUT2D eigenvalue weighted by Gasteiger charge is 2.38. The van der Waals surface area contributed by atoms with E-state index in [9.17, 15) is 9.59 Å². The summed E-state index contributed by atoms with van der Waals surface area (Å²) in [5, 5.41) is 2.33. The summed E-state index contributed by atoms with van der Waals surface area (Å²) in [7, 11) is 0. The minimum atomic E-state index is -0.571. The van der Waals surface area contributed by atoms with E-state index in [4.69, 9.17) is 9.47 Å². The number of carbonyl (C=O) groups is 2. The Hall–Kier alpha value is -3.60. The summed E-state index contributed by atoms with van der Waals surface area (Å²) in [6.07, 6.45) is 5.77. The number of hydrogen-bond donors (Lipinski definition) is 0. The van der Waals surface area contributed by atoms with Gasteiger partial charge in [0.15, 0.2) is 0 Å². The molecule has 1 aliphatic carbocycles. The Balaban J connectivity index is 1.55. The second-order valence-corrected chi connectivity index (χ2v) is 11.0. The molecule has 4 rings (SSSR count). The third-order valence-corrected chi connectivity index (χ3v) is 7.20. The predicted octanol–water partition coefficient (Wildman–Crippen LogP) is 8.05. The number of nitrogens with zero attached hydrogens (tertiary/aromatic N) is 1. The average Bonchev–Trinajstić information content (AvgIpc) is 3.36. The number of carbonyl (C=O) groups excluding carboxylic acids is 2. The molecule has 0 unspecified atom stereocenters. The van der Waals surface area contributed by atoms with Crippen LogP contribution >= 0.6 is 0 Å². The van der Waals surface area contributed by atoms with Crippen molar-refractivity contribution in [1.82, 2.24) is 4.90 Å². The van der Waals surface area contributed by atoms with Crippen molar-refractivity contribution in [2.45, 2.75) is 77.5 Å². The maximum Gasteiger partial charge on any atom is 0.411 e. The van der Waals surface area contributed by atoms with Gasteiger partial charge in [-0.3, -0.25) is 4.90 Å². The van der Waals surface area contributed by atoms with Gasteiger partial charge in [0.2, 0.25) is 0 Å². The summed E-state index contributed by atoms with van der Waals surface area (Å²) >= 11 is 0. The molecule has 1 fully saturated rings. The second-order valence-electron chi connectivity index (χ2n) is 11.0.